The third kappa shape index (κ3) is 3.96. The Morgan fingerprint density at radius 1 is 1.33 bits per heavy atom. The molecule has 94 valence electrons. The van der Waals surface area contributed by atoms with Crippen LogP contribution in [0.5, 0.6) is 0 Å². The van der Waals surface area contributed by atoms with Crippen LogP contribution in [0, 0.1) is 6.92 Å². The van der Waals surface area contributed by atoms with Crippen LogP contribution < -0.4 is 5.32 Å². The van der Waals surface area contributed by atoms with Crippen LogP contribution in [0.2, 0.25) is 0 Å². The van der Waals surface area contributed by atoms with Gasteiger partial charge >= 0.3 is 0 Å². The third-order valence-electron chi connectivity index (χ3n) is 2.56. The van der Waals surface area contributed by atoms with E-state index < -0.39 is 0 Å². The van der Waals surface area contributed by atoms with Crippen molar-refractivity contribution in [3.63, 3.8) is 0 Å². The van der Waals surface area contributed by atoms with Crippen LogP contribution in [-0.4, -0.2) is 17.4 Å². The van der Waals surface area contributed by atoms with E-state index in [0.29, 0.717) is 13.0 Å². The van der Waals surface area contributed by atoms with Gasteiger partial charge in [0.1, 0.15) is 5.01 Å². The predicted molar refractivity (Wildman–Crippen MR) is 73.7 cm³/mol. The molecule has 1 amide bonds. The smallest absolute Gasteiger partial charge is 0.226 e. The Kier molecular flexibility index (Phi) is 4.47. The van der Waals surface area contributed by atoms with Crippen LogP contribution in [0.15, 0.2) is 35.7 Å². The first-order valence-electron chi connectivity index (χ1n) is 5.95. The number of hydrogen-bond acceptors (Lipinski definition) is 3. The summed E-state index contributed by atoms with van der Waals surface area (Å²) in [7, 11) is 0. The lowest BCUT2D eigenvalue weighted by molar-refractivity contribution is -0.120. The molecule has 0 spiro atoms. The van der Waals surface area contributed by atoms with Crippen molar-refractivity contribution in [3.8, 4) is 0 Å². The second-order valence-electron chi connectivity index (χ2n) is 4.14. The SMILES string of the molecule is Cc1csc(CC(=O)NCCc2ccccc2)n1. The first-order chi connectivity index (χ1) is 8.74. The molecule has 3 nitrogen and oxygen atoms in total. The number of aromatic nitrogens is 1. The fraction of sp³-hybridized carbons (Fsp3) is 0.286. The first-order valence-corrected chi connectivity index (χ1v) is 6.83. The fourth-order valence-corrected chi connectivity index (χ4v) is 2.45. The summed E-state index contributed by atoms with van der Waals surface area (Å²) in [6.07, 6.45) is 1.25. The summed E-state index contributed by atoms with van der Waals surface area (Å²) in [5.41, 5.74) is 2.22. The number of amides is 1. The van der Waals surface area contributed by atoms with Crippen molar-refractivity contribution in [1.82, 2.24) is 10.3 Å². The summed E-state index contributed by atoms with van der Waals surface area (Å²) in [5.74, 6) is 0.0419. The lowest BCUT2D eigenvalue weighted by Crippen LogP contribution is -2.27. The van der Waals surface area contributed by atoms with Gasteiger partial charge in [-0.15, -0.1) is 11.3 Å². The molecule has 2 aromatic rings. The summed E-state index contributed by atoms with van der Waals surface area (Å²) >= 11 is 1.54. The van der Waals surface area contributed by atoms with E-state index in [1.807, 2.05) is 30.5 Å². The molecule has 18 heavy (non-hydrogen) atoms. The Hall–Kier alpha value is -1.68. The normalized spacial score (nSPS) is 10.3. The minimum atomic E-state index is 0.0419. The van der Waals surface area contributed by atoms with E-state index in [-0.39, 0.29) is 5.91 Å². The molecule has 0 saturated heterocycles. The number of rotatable bonds is 5. The molecular weight excluding hydrogens is 244 g/mol. The van der Waals surface area contributed by atoms with Crippen LogP contribution in [0.1, 0.15) is 16.3 Å². The quantitative estimate of drug-likeness (QED) is 0.896. The maximum atomic E-state index is 11.7. The number of hydrogen-bond donors (Lipinski definition) is 1. The largest absolute Gasteiger partial charge is 0.355 e. The van der Waals surface area contributed by atoms with E-state index in [2.05, 4.69) is 22.4 Å². The molecule has 1 heterocycles. The molecule has 1 aromatic carbocycles. The van der Waals surface area contributed by atoms with Gasteiger partial charge < -0.3 is 5.32 Å². The van der Waals surface area contributed by atoms with Gasteiger partial charge in [0.05, 0.1) is 6.42 Å². The highest BCUT2D eigenvalue weighted by Gasteiger charge is 2.05. The highest BCUT2D eigenvalue weighted by Crippen LogP contribution is 2.08. The van der Waals surface area contributed by atoms with Gasteiger partial charge in [-0.3, -0.25) is 4.79 Å². The van der Waals surface area contributed by atoms with Gasteiger partial charge in [0.15, 0.2) is 0 Å². The molecule has 2 rings (SSSR count). The monoisotopic (exact) mass is 260 g/mol. The van der Waals surface area contributed by atoms with Crippen molar-refractivity contribution in [2.75, 3.05) is 6.54 Å². The topological polar surface area (TPSA) is 42.0 Å². The molecule has 0 saturated carbocycles. The standard InChI is InChI=1S/C14H16N2OS/c1-11-10-18-14(16-11)9-13(17)15-8-7-12-5-3-2-4-6-12/h2-6,10H,7-9H2,1H3,(H,15,17). The Morgan fingerprint density at radius 2 is 2.11 bits per heavy atom. The first kappa shape index (κ1) is 12.8. The zero-order chi connectivity index (χ0) is 12.8. The fourth-order valence-electron chi connectivity index (χ4n) is 1.67. The zero-order valence-corrected chi connectivity index (χ0v) is 11.2. The minimum absolute atomic E-state index is 0.0419. The molecule has 0 fully saturated rings. The number of thiazole rings is 1. The molecular formula is C14H16N2OS. The Balaban J connectivity index is 1.72. The molecule has 1 N–H and O–H groups in total. The number of carbonyl (C=O) groups excluding carboxylic acids is 1. The van der Waals surface area contributed by atoms with Crippen LogP contribution in [-0.2, 0) is 17.6 Å². The van der Waals surface area contributed by atoms with Gasteiger partial charge in [0.25, 0.3) is 0 Å². The highest BCUT2D eigenvalue weighted by atomic mass is 32.1. The maximum absolute atomic E-state index is 11.7. The number of benzene rings is 1. The van der Waals surface area contributed by atoms with Crippen LogP contribution in [0.4, 0.5) is 0 Å². The Bertz CT molecular complexity index is 508. The van der Waals surface area contributed by atoms with E-state index in [0.717, 1.165) is 17.1 Å². The number of nitrogens with one attached hydrogen (secondary N) is 1. The van der Waals surface area contributed by atoms with Crippen molar-refractivity contribution < 1.29 is 4.79 Å². The van der Waals surface area contributed by atoms with Crippen molar-refractivity contribution in [3.05, 3.63) is 52.0 Å². The van der Waals surface area contributed by atoms with Gasteiger partial charge in [-0.05, 0) is 18.9 Å². The molecule has 0 aliphatic carbocycles. The molecule has 4 heteroatoms. The maximum Gasteiger partial charge on any atom is 0.226 e. The van der Waals surface area contributed by atoms with Crippen LogP contribution in [0.25, 0.3) is 0 Å². The van der Waals surface area contributed by atoms with Gasteiger partial charge in [0.2, 0.25) is 5.91 Å². The number of aryl methyl sites for hydroxylation is 1. The van der Waals surface area contributed by atoms with Gasteiger partial charge in [-0.25, -0.2) is 4.98 Å². The third-order valence-corrected chi connectivity index (χ3v) is 3.52. The lowest BCUT2D eigenvalue weighted by atomic mass is 10.1. The second kappa shape index (κ2) is 6.31. The molecule has 0 unspecified atom stereocenters. The van der Waals surface area contributed by atoms with Crippen LogP contribution >= 0.6 is 11.3 Å². The lowest BCUT2D eigenvalue weighted by Gasteiger charge is -2.04. The molecule has 0 atom stereocenters. The molecule has 0 aliphatic rings. The predicted octanol–water partition coefficient (Wildman–Crippen LogP) is 2.35. The van der Waals surface area contributed by atoms with Crippen molar-refractivity contribution in [1.29, 1.82) is 0 Å². The van der Waals surface area contributed by atoms with E-state index in [9.17, 15) is 4.79 Å². The molecule has 0 bridgehead atoms. The van der Waals surface area contributed by atoms with E-state index in [1.165, 1.54) is 16.9 Å². The van der Waals surface area contributed by atoms with E-state index in [4.69, 9.17) is 0 Å². The Labute approximate surface area is 111 Å². The van der Waals surface area contributed by atoms with Gasteiger partial charge in [-0.1, -0.05) is 30.3 Å². The summed E-state index contributed by atoms with van der Waals surface area (Å²) in [5, 5.41) is 5.76. The van der Waals surface area contributed by atoms with E-state index >= 15 is 0 Å². The average Bonchev–Trinajstić information content (AvgIpc) is 2.76. The molecule has 1 aromatic heterocycles. The van der Waals surface area contributed by atoms with E-state index in [1.54, 1.807) is 0 Å². The Morgan fingerprint density at radius 3 is 2.78 bits per heavy atom. The molecule has 0 aliphatic heterocycles. The number of carbonyl (C=O) groups is 1. The zero-order valence-electron chi connectivity index (χ0n) is 10.3. The summed E-state index contributed by atoms with van der Waals surface area (Å²) < 4.78 is 0. The summed E-state index contributed by atoms with van der Waals surface area (Å²) in [6, 6.07) is 10.1. The van der Waals surface area contributed by atoms with Gasteiger partial charge in [-0.2, -0.15) is 0 Å². The van der Waals surface area contributed by atoms with Crippen molar-refractivity contribution >= 4 is 17.2 Å². The summed E-state index contributed by atoms with van der Waals surface area (Å²) in [6.45, 7) is 2.61. The summed E-state index contributed by atoms with van der Waals surface area (Å²) in [4.78, 5) is 15.9. The van der Waals surface area contributed by atoms with Crippen LogP contribution in [0.3, 0.4) is 0 Å². The average molecular weight is 260 g/mol. The van der Waals surface area contributed by atoms with Crippen molar-refractivity contribution in [2.45, 2.75) is 19.8 Å². The highest BCUT2D eigenvalue weighted by molar-refractivity contribution is 7.09. The van der Waals surface area contributed by atoms with Gasteiger partial charge in [0, 0.05) is 17.6 Å². The second-order valence-corrected chi connectivity index (χ2v) is 5.09. The minimum Gasteiger partial charge on any atom is -0.355 e. The molecule has 0 radical (unpaired) electrons. The number of nitrogens with zero attached hydrogens (tertiary/aromatic N) is 1. The van der Waals surface area contributed by atoms with Crippen molar-refractivity contribution in [2.24, 2.45) is 0 Å².